The maximum Gasteiger partial charge on any atom is 0.0900 e. The van der Waals surface area contributed by atoms with Gasteiger partial charge in [0.1, 0.15) is 0 Å². The zero-order chi connectivity index (χ0) is 13.0. The predicted molar refractivity (Wildman–Crippen MR) is 77.0 cm³/mol. The van der Waals surface area contributed by atoms with E-state index in [4.69, 9.17) is 0 Å². The van der Waals surface area contributed by atoms with Gasteiger partial charge in [-0.1, -0.05) is 0 Å². The third kappa shape index (κ3) is 3.95. The first-order valence-corrected chi connectivity index (χ1v) is 7.93. The lowest BCUT2D eigenvalue weighted by Gasteiger charge is -2.25. The van der Waals surface area contributed by atoms with Gasteiger partial charge in [0.2, 0.25) is 0 Å². The maximum atomic E-state index is 9.26. The lowest BCUT2D eigenvalue weighted by Crippen LogP contribution is -2.39. The summed E-state index contributed by atoms with van der Waals surface area (Å²) in [7, 11) is 0. The molecule has 0 bridgehead atoms. The Morgan fingerprint density at radius 3 is 2.47 bits per heavy atom. The van der Waals surface area contributed by atoms with Crippen LogP contribution in [0.4, 0.5) is 0 Å². The van der Waals surface area contributed by atoms with Gasteiger partial charge in [0.15, 0.2) is 0 Å². The molecule has 0 fully saturated rings. The van der Waals surface area contributed by atoms with E-state index < -0.39 is 0 Å². The number of aromatic nitrogens is 1. The lowest BCUT2D eigenvalue weighted by molar-refractivity contribution is 0.271. The van der Waals surface area contributed by atoms with Crippen LogP contribution in [0.15, 0.2) is 0 Å². The van der Waals surface area contributed by atoms with Crippen LogP contribution in [0.3, 0.4) is 0 Å². The highest BCUT2D eigenvalue weighted by Gasteiger charge is 2.20. The molecule has 1 rings (SSSR count). The number of aryl methyl sites for hydroxylation is 2. The number of aliphatic hydroxyl groups excluding tert-OH is 1. The summed E-state index contributed by atoms with van der Waals surface area (Å²) in [5.74, 6) is 0. The Bertz CT molecular complexity index is 350. The summed E-state index contributed by atoms with van der Waals surface area (Å²) in [5.41, 5.74) is 1.14. The Labute approximate surface area is 112 Å². The summed E-state index contributed by atoms with van der Waals surface area (Å²) >= 11 is 3.43. The minimum Gasteiger partial charge on any atom is -0.395 e. The van der Waals surface area contributed by atoms with E-state index in [1.807, 2.05) is 13.2 Å². The van der Waals surface area contributed by atoms with Crippen LogP contribution in [0.5, 0.6) is 0 Å². The van der Waals surface area contributed by atoms with E-state index in [1.165, 1.54) is 4.88 Å². The first-order valence-electron chi connectivity index (χ1n) is 5.83. The number of hydrogen-bond acceptors (Lipinski definition) is 5. The second kappa shape index (κ2) is 6.73. The molecule has 3 nitrogen and oxygen atoms in total. The molecule has 0 radical (unpaired) electrons. The monoisotopic (exact) mass is 274 g/mol. The molecule has 3 atom stereocenters. The zero-order valence-electron chi connectivity index (χ0n) is 11.2. The Morgan fingerprint density at radius 2 is 2.06 bits per heavy atom. The minimum absolute atomic E-state index is 0.205. The molecule has 1 aromatic rings. The Morgan fingerprint density at radius 1 is 1.41 bits per heavy atom. The highest BCUT2D eigenvalue weighted by Crippen LogP contribution is 2.23. The van der Waals surface area contributed by atoms with Gasteiger partial charge in [-0.25, -0.2) is 4.98 Å². The van der Waals surface area contributed by atoms with Crippen molar-refractivity contribution in [2.45, 2.75) is 45.0 Å². The van der Waals surface area contributed by atoms with Crippen LogP contribution >= 0.6 is 23.1 Å². The van der Waals surface area contributed by atoms with Gasteiger partial charge in [0.25, 0.3) is 0 Å². The molecule has 1 heterocycles. The van der Waals surface area contributed by atoms with E-state index in [-0.39, 0.29) is 23.9 Å². The standard InChI is InChI=1S/C12H22N2OS2/c1-7(11(6-15)16-5)13-8(2)12-9(3)17-10(4)14-12/h7-8,11,13,15H,6H2,1-5H3. The molecule has 0 saturated carbocycles. The molecule has 98 valence electrons. The third-order valence-corrected chi connectivity index (χ3v) is 4.97. The van der Waals surface area contributed by atoms with Crippen LogP contribution in [0.1, 0.15) is 35.5 Å². The van der Waals surface area contributed by atoms with E-state index in [0.717, 1.165) is 10.7 Å². The molecule has 0 aliphatic heterocycles. The van der Waals surface area contributed by atoms with Gasteiger partial charge >= 0.3 is 0 Å². The number of hydrogen-bond donors (Lipinski definition) is 2. The first kappa shape index (κ1) is 15.0. The Hall–Kier alpha value is -0.100. The number of thioether (sulfide) groups is 1. The maximum absolute atomic E-state index is 9.26. The second-order valence-corrected chi connectivity index (χ2v) is 6.79. The fraction of sp³-hybridized carbons (Fsp3) is 0.750. The van der Waals surface area contributed by atoms with Gasteiger partial charge in [-0.05, 0) is 34.0 Å². The van der Waals surface area contributed by atoms with Gasteiger partial charge in [-0.15, -0.1) is 11.3 Å². The van der Waals surface area contributed by atoms with Gasteiger partial charge < -0.3 is 10.4 Å². The smallest absolute Gasteiger partial charge is 0.0900 e. The predicted octanol–water partition coefficient (Wildman–Crippen LogP) is 2.52. The number of thiazole rings is 1. The molecule has 0 spiro atoms. The average molecular weight is 274 g/mol. The molecule has 1 aromatic heterocycles. The van der Waals surface area contributed by atoms with Crippen LogP contribution in [-0.2, 0) is 0 Å². The summed E-state index contributed by atoms with van der Waals surface area (Å²) in [5, 5.41) is 14.1. The number of aliphatic hydroxyl groups is 1. The van der Waals surface area contributed by atoms with Gasteiger partial charge in [0.05, 0.1) is 17.3 Å². The number of nitrogens with zero attached hydrogens (tertiary/aromatic N) is 1. The van der Waals surface area contributed by atoms with Crippen molar-refractivity contribution in [3.05, 3.63) is 15.6 Å². The van der Waals surface area contributed by atoms with Crippen molar-refractivity contribution in [3.8, 4) is 0 Å². The first-order chi connectivity index (χ1) is 7.99. The average Bonchev–Trinajstić information content (AvgIpc) is 2.59. The highest BCUT2D eigenvalue weighted by atomic mass is 32.2. The van der Waals surface area contributed by atoms with E-state index >= 15 is 0 Å². The van der Waals surface area contributed by atoms with Crippen LogP contribution in [0.2, 0.25) is 0 Å². The molecular formula is C12H22N2OS2. The van der Waals surface area contributed by atoms with Crippen LogP contribution in [-0.4, -0.2) is 34.2 Å². The van der Waals surface area contributed by atoms with E-state index in [0.29, 0.717) is 0 Å². The fourth-order valence-electron chi connectivity index (χ4n) is 1.96. The second-order valence-electron chi connectivity index (χ2n) is 4.31. The Kier molecular flexibility index (Phi) is 5.92. The molecule has 0 saturated heterocycles. The summed E-state index contributed by atoms with van der Waals surface area (Å²) in [6, 6.07) is 0.502. The van der Waals surface area contributed by atoms with Gasteiger partial charge in [0, 0.05) is 22.2 Å². The highest BCUT2D eigenvalue weighted by molar-refractivity contribution is 7.99. The van der Waals surface area contributed by atoms with Crippen molar-refractivity contribution in [3.63, 3.8) is 0 Å². The summed E-state index contributed by atoms with van der Waals surface area (Å²) in [6.07, 6.45) is 2.03. The van der Waals surface area contributed by atoms with Crippen LogP contribution in [0.25, 0.3) is 0 Å². The molecule has 3 unspecified atom stereocenters. The molecule has 0 aromatic carbocycles. The van der Waals surface area contributed by atoms with Gasteiger partial charge in [-0.2, -0.15) is 11.8 Å². The largest absolute Gasteiger partial charge is 0.395 e. The molecular weight excluding hydrogens is 252 g/mol. The molecule has 2 N–H and O–H groups in total. The number of rotatable bonds is 6. The fourth-order valence-corrected chi connectivity index (χ4v) is 3.51. The zero-order valence-corrected chi connectivity index (χ0v) is 12.8. The SMILES string of the molecule is CSC(CO)C(C)NC(C)c1nc(C)sc1C. The van der Waals surface area contributed by atoms with Crippen molar-refractivity contribution in [1.29, 1.82) is 0 Å². The van der Waals surface area contributed by atoms with Gasteiger partial charge in [-0.3, -0.25) is 0 Å². The topological polar surface area (TPSA) is 45.1 Å². The Balaban J connectivity index is 2.65. The van der Waals surface area contributed by atoms with Crippen molar-refractivity contribution in [2.75, 3.05) is 12.9 Å². The van der Waals surface area contributed by atoms with Crippen molar-refractivity contribution in [1.82, 2.24) is 10.3 Å². The molecule has 5 heteroatoms. The quantitative estimate of drug-likeness (QED) is 0.837. The van der Waals surface area contributed by atoms with Crippen LogP contribution < -0.4 is 5.32 Å². The summed E-state index contributed by atoms with van der Waals surface area (Å²) in [6.45, 7) is 8.60. The molecule has 0 aliphatic carbocycles. The molecule has 17 heavy (non-hydrogen) atoms. The van der Waals surface area contributed by atoms with Crippen molar-refractivity contribution < 1.29 is 5.11 Å². The molecule has 0 aliphatic rings. The number of nitrogens with one attached hydrogen (secondary N) is 1. The van der Waals surface area contributed by atoms with E-state index in [1.54, 1.807) is 23.1 Å². The summed E-state index contributed by atoms with van der Waals surface area (Å²) < 4.78 is 0. The van der Waals surface area contributed by atoms with Crippen LogP contribution in [0, 0.1) is 13.8 Å². The van der Waals surface area contributed by atoms with E-state index in [2.05, 4.69) is 31.1 Å². The van der Waals surface area contributed by atoms with E-state index in [9.17, 15) is 5.11 Å². The minimum atomic E-state index is 0.205. The van der Waals surface area contributed by atoms with Crippen molar-refractivity contribution >= 4 is 23.1 Å². The van der Waals surface area contributed by atoms with Crippen molar-refractivity contribution in [2.24, 2.45) is 0 Å². The lowest BCUT2D eigenvalue weighted by atomic mass is 10.1. The summed E-state index contributed by atoms with van der Waals surface area (Å²) in [4.78, 5) is 5.84. The third-order valence-electron chi connectivity index (χ3n) is 2.90. The molecule has 0 amide bonds. The normalized spacial score (nSPS) is 16.8.